The third-order valence-corrected chi connectivity index (χ3v) is 3.03. The summed E-state index contributed by atoms with van der Waals surface area (Å²) in [6, 6.07) is 1.66. The summed E-state index contributed by atoms with van der Waals surface area (Å²) >= 11 is 0. The van der Waals surface area contributed by atoms with Gasteiger partial charge in [0.25, 0.3) is 0 Å². The molecule has 0 aromatic carbocycles. The largest absolute Gasteiger partial charge is 0.476 e. The third kappa shape index (κ3) is 2.41. The highest BCUT2D eigenvalue weighted by Gasteiger charge is 2.15. The van der Waals surface area contributed by atoms with Crippen LogP contribution in [0.3, 0.4) is 0 Å². The fourth-order valence-corrected chi connectivity index (χ4v) is 2.11. The van der Waals surface area contributed by atoms with Gasteiger partial charge in [0.2, 0.25) is 0 Å². The van der Waals surface area contributed by atoms with Crippen LogP contribution < -0.4 is 0 Å². The number of hydrogen-bond acceptors (Lipinski definition) is 3. The lowest BCUT2D eigenvalue weighted by Gasteiger charge is -2.26. The minimum Gasteiger partial charge on any atom is -0.476 e. The molecule has 1 saturated heterocycles. The monoisotopic (exact) mass is 223 g/mol. The van der Waals surface area contributed by atoms with Crippen LogP contribution in [0.4, 0.5) is 0 Å². The number of nitrogens with zero attached hydrogens (tertiary/aromatic N) is 3. The van der Waals surface area contributed by atoms with Crippen LogP contribution in [0.1, 0.15) is 35.4 Å². The molecule has 88 valence electrons. The quantitative estimate of drug-likeness (QED) is 0.833. The first-order valence-electron chi connectivity index (χ1n) is 5.65. The highest BCUT2D eigenvalue weighted by Crippen LogP contribution is 2.13. The predicted octanol–water partition coefficient (Wildman–Crippen LogP) is 1.10. The van der Waals surface area contributed by atoms with Gasteiger partial charge in [-0.15, -0.1) is 0 Å². The fraction of sp³-hybridized carbons (Fsp3) is 0.636. The normalized spacial score (nSPS) is 17.6. The summed E-state index contributed by atoms with van der Waals surface area (Å²) in [5, 5.41) is 12.8. The van der Waals surface area contributed by atoms with Gasteiger partial charge in [-0.1, -0.05) is 6.42 Å². The van der Waals surface area contributed by atoms with E-state index in [0.717, 1.165) is 25.3 Å². The van der Waals surface area contributed by atoms with Gasteiger partial charge < -0.3 is 5.11 Å². The van der Waals surface area contributed by atoms with Crippen molar-refractivity contribution < 1.29 is 9.90 Å². The second kappa shape index (κ2) is 4.65. The second-order valence-corrected chi connectivity index (χ2v) is 4.29. The number of likely N-dealkylation sites (tertiary alicyclic amines) is 1. The van der Waals surface area contributed by atoms with Gasteiger partial charge in [-0.3, -0.25) is 9.58 Å². The van der Waals surface area contributed by atoms with Gasteiger partial charge in [0, 0.05) is 13.6 Å². The van der Waals surface area contributed by atoms with Crippen LogP contribution in [0, 0.1) is 0 Å². The minimum absolute atomic E-state index is 0.134. The first-order chi connectivity index (χ1) is 7.66. The standard InChI is InChI=1S/C11H17N3O2/c1-13-9(7-10(12-13)11(15)16)8-14-5-3-2-4-6-14/h7H,2-6,8H2,1H3,(H,15,16). The average Bonchev–Trinajstić information content (AvgIpc) is 2.62. The Morgan fingerprint density at radius 3 is 2.69 bits per heavy atom. The molecule has 1 aromatic heterocycles. The van der Waals surface area contributed by atoms with Crippen molar-refractivity contribution in [3.63, 3.8) is 0 Å². The zero-order valence-electron chi connectivity index (χ0n) is 9.52. The molecule has 0 spiro atoms. The van der Waals surface area contributed by atoms with Crippen molar-refractivity contribution >= 4 is 5.97 Å². The predicted molar refractivity (Wildman–Crippen MR) is 59.3 cm³/mol. The molecule has 2 rings (SSSR count). The molecule has 5 heteroatoms. The Bertz CT molecular complexity index is 381. The molecule has 0 unspecified atom stereocenters. The average molecular weight is 223 g/mol. The van der Waals surface area contributed by atoms with Crippen molar-refractivity contribution in [3.8, 4) is 0 Å². The summed E-state index contributed by atoms with van der Waals surface area (Å²) in [5.74, 6) is -0.958. The lowest BCUT2D eigenvalue weighted by Crippen LogP contribution is -2.29. The molecule has 16 heavy (non-hydrogen) atoms. The van der Waals surface area contributed by atoms with E-state index in [1.807, 2.05) is 0 Å². The van der Waals surface area contributed by atoms with Crippen LogP contribution in [0.15, 0.2) is 6.07 Å². The van der Waals surface area contributed by atoms with E-state index in [9.17, 15) is 4.79 Å². The Balaban J connectivity index is 2.05. The molecule has 0 amide bonds. The zero-order valence-corrected chi connectivity index (χ0v) is 9.52. The van der Waals surface area contributed by atoms with E-state index < -0.39 is 5.97 Å². The minimum atomic E-state index is -0.958. The first-order valence-corrected chi connectivity index (χ1v) is 5.65. The molecule has 0 aliphatic carbocycles. The molecule has 1 aliphatic heterocycles. The number of hydrogen-bond donors (Lipinski definition) is 1. The SMILES string of the molecule is Cn1nc(C(=O)O)cc1CN1CCCCC1. The van der Waals surface area contributed by atoms with Crippen LogP contribution >= 0.6 is 0 Å². The summed E-state index contributed by atoms with van der Waals surface area (Å²) in [7, 11) is 1.80. The van der Waals surface area contributed by atoms with Gasteiger partial charge in [-0.05, 0) is 32.0 Å². The topological polar surface area (TPSA) is 58.4 Å². The highest BCUT2D eigenvalue weighted by molar-refractivity contribution is 5.85. The van der Waals surface area contributed by atoms with Gasteiger partial charge in [0.15, 0.2) is 5.69 Å². The number of piperidine rings is 1. The summed E-state index contributed by atoms with van der Waals surface area (Å²) in [5.41, 5.74) is 1.11. The van der Waals surface area contributed by atoms with Crippen LogP contribution in [0.25, 0.3) is 0 Å². The van der Waals surface area contributed by atoms with Crippen molar-refractivity contribution in [2.75, 3.05) is 13.1 Å². The first kappa shape index (κ1) is 11.1. The van der Waals surface area contributed by atoms with Gasteiger partial charge in [0.05, 0.1) is 5.69 Å². The van der Waals surface area contributed by atoms with E-state index in [4.69, 9.17) is 5.11 Å². The number of aryl methyl sites for hydroxylation is 1. The zero-order chi connectivity index (χ0) is 11.5. The Morgan fingerprint density at radius 1 is 1.44 bits per heavy atom. The molecule has 1 fully saturated rings. The lowest BCUT2D eigenvalue weighted by atomic mass is 10.1. The van der Waals surface area contributed by atoms with Crippen LogP contribution in [0.5, 0.6) is 0 Å². The van der Waals surface area contributed by atoms with E-state index in [0.29, 0.717) is 0 Å². The van der Waals surface area contributed by atoms with Crippen molar-refractivity contribution in [1.82, 2.24) is 14.7 Å². The summed E-state index contributed by atoms with van der Waals surface area (Å²) in [4.78, 5) is 13.1. The molecule has 1 aliphatic rings. The summed E-state index contributed by atoms with van der Waals surface area (Å²) in [6.45, 7) is 3.01. The smallest absolute Gasteiger partial charge is 0.356 e. The van der Waals surface area contributed by atoms with Gasteiger partial charge in [-0.25, -0.2) is 4.79 Å². The van der Waals surface area contributed by atoms with Crippen molar-refractivity contribution in [2.45, 2.75) is 25.8 Å². The van der Waals surface area contributed by atoms with Gasteiger partial charge in [-0.2, -0.15) is 5.10 Å². The number of aromatic nitrogens is 2. The maximum Gasteiger partial charge on any atom is 0.356 e. The number of rotatable bonds is 3. The van der Waals surface area contributed by atoms with Crippen molar-refractivity contribution in [3.05, 3.63) is 17.5 Å². The van der Waals surface area contributed by atoms with Gasteiger partial charge in [0.1, 0.15) is 0 Å². The molecule has 2 heterocycles. The third-order valence-electron chi connectivity index (χ3n) is 3.03. The molecular formula is C11H17N3O2. The fourth-order valence-electron chi connectivity index (χ4n) is 2.11. The number of aromatic carboxylic acids is 1. The molecule has 0 saturated carbocycles. The molecule has 1 N–H and O–H groups in total. The molecular weight excluding hydrogens is 206 g/mol. The van der Waals surface area contributed by atoms with Crippen LogP contribution in [-0.4, -0.2) is 38.8 Å². The molecule has 0 atom stereocenters. The number of carboxylic acid groups (broad SMARTS) is 1. The van der Waals surface area contributed by atoms with E-state index in [2.05, 4.69) is 10.00 Å². The van der Waals surface area contributed by atoms with Gasteiger partial charge >= 0.3 is 5.97 Å². The second-order valence-electron chi connectivity index (χ2n) is 4.29. The molecule has 0 bridgehead atoms. The summed E-state index contributed by atoms with van der Waals surface area (Å²) in [6.07, 6.45) is 3.79. The lowest BCUT2D eigenvalue weighted by molar-refractivity contribution is 0.0689. The van der Waals surface area contributed by atoms with E-state index in [1.54, 1.807) is 17.8 Å². The van der Waals surface area contributed by atoms with Crippen molar-refractivity contribution in [2.24, 2.45) is 7.05 Å². The Labute approximate surface area is 94.7 Å². The Kier molecular flexibility index (Phi) is 3.24. The molecule has 1 aromatic rings. The number of carboxylic acids is 1. The van der Waals surface area contributed by atoms with E-state index in [1.165, 1.54) is 19.3 Å². The maximum atomic E-state index is 10.8. The van der Waals surface area contributed by atoms with E-state index in [-0.39, 0.29) is 5.69 Å². The molecule has 5 nitrogen and oxygen atoms in total. The van der Waals surface area contributed by atoms with Crippen LogP contribution in [-0.2, 0) is 13.6 Å². The van der Waals surface area contributed by atoms with E-state index >= 15 is 0 Å². The highest BCUT2D eigenvalue weighted by atomic mass is 16.4. The Morgan fingerprint density at radius 2 is 2.12 bits per heavy atom. The van der Waals surface area contributed by atoms with Crippen molar-refractivity contribution in [1.29, 1.82) is 0 Å². The van der Waals surface area contributed by atoms with Crippen LogP contribution in [0.2, 0.25) is 0 Å². The molecule has 0 radical (unpaired) electrons. The number of carbonyl (C=O) groups is 1. The maximum absolute atomic E-state index is 10.8. The Hall–Kier alpha value is -1.36. The summed E-state index contributed by atoms with van der Waals surface area (Å²) < 4.78 is 1.66.